The summed E-state index contributed by atoms with van der Waals surface area (Å²) in [5.41, 5.74) is 11.8. The fourth-order valence-corrected chi connectivity index (χ4v) is 8.66. The van der Waals surface area contributed by atoms with Gasteiger partial charge in [0.15, 0.2) is 17.2 Å². The van der Waals surface area contributed by atoms with Crippen molar-refractivity contribution >= 4 is 33.2 Å². The first-order valence-corrected chi connectivity index (χ1v) is 20.6. The van der Waals surface area contributed by atoms with Gasteiger partial charge in [-0.1, -0.05) is 127 Å². The SMILES string of the molecule is [C-]#[N+]c1cc(C#N)c(-c2ccc3c(c2)c2ccccc2n3-c2c(-c3ccccc3C#N)cc(-c3nc(-c4ccccc4)cc(-c4ccccc4)n3)cc2-c2ccccc2C#N)c([N+]#[C-])c1. The summed E-state index contributed by atoms with van der Waals surface area (Å²) in [6.07, 6.45) is 0. The highest BCUT2D eigenvalue weighted by molar-refractivity contribution is 6.12. The Morgan fingerprint density at radius 2 is 0.969 bits per heavy atom. The van der Waals surface area contributed by atoms with E-state index in [4.69, 9.17) is 23.1 Å². The van der Waals surface area contributed by atoms with Crippen molar-refractivity contribution < 1.29 is 0 Å². The van der Waals surface area contributed by atoms with Crippen molar-refractivity contribution in [3.8, 4) is 91.2 Å². The van der Waals surface area contributed by atoms with Gasteiger partial charge in [-0.05, 0) is 60.2 Å². The van der Waals surface area contributed by atoms with E-state index in [0.717, 1.165) is 50.0 Å². The van der Waals surface area contributed by atoms with Crippen molar-refractivity contribution in [2.75, 3.05) is 0 Å². The number of aromatic nitrogens is 3. The smallest absolute Gasteiger partial charge is 0.186 e. The van der Waals surface area contributed by atoms with Crippen LogP contribution in [-0.2, 0) is 0 Å². The Bertz CT molecular complexity index is 3600. The zero-order valence-electron chi connectivity index (χ0n) is 34.4. The predicted octanol–water partition coefficient (Wildman–Crippen LogP) is 14.3. The molecule has 0 spiro atoms. The van der Waals surface area contributed by atoms with Crippen LogP contribution in [0.1, 0.15) is 16.7 Å². The molecule has 8 aromatic carbocycles. The van der Waals surface area contributed by atoms with Gasteiger partial charge in [-0.15, -0.1) is 0 Å². The summed E-state index contributed by atoms with van der Waals surface area (Å²) < 4.78 is 2.17. The number of hydrogen-bond acceptors (Lipinski definition) is 5. The van der Waals surface area contributed by atoms with Gasteiger partial charge in [-0.3, -0.25) is 0 Å². The molecule has 2 aromatic heterocycles. The van der Waals surface area contributed by atoms with Crippen LogP contribution < -0.4 is 0 Å². The molecular formula is C57H30N8. The van der Waals surface area contributed by atoms with E-state index in [1.54, 1.807) is 12.1 Å². The molecule has 0 aliphatic rings. The molecule has 0 amide bonds. The largest absolute Gasteiger partial charge is 0.308 e. The van der Waals surface area contributed by atoms with Crippen LogP contribution >= 0.6 is 0 Å². The maximum Gasteiger partial charge on any atom is 0.186 e. The van der Waals surface area contributed by atoms with E-state index in [1.807, 2.05) is 158 Å². The number of para-hydroxylation sites is 1. The highest BCUT2D eigenvalue weighted by Gasteiger charge is 2.26. The molecule has 8 heteroatoms. The van der Waals surface area contributed by atoms with Crippen LogP contribution in [0, 0.1) is 47.1 Å². The van der Waals surface area contributed by atoms with Crippen molar-refractivity contribution in [2.24, 2.45) is 0 Å². The van der Waals surface area contributed by atoms with E-state index < -0.39 is 0 Å². The zero-order valence-corrected chi connectivity index (χ0v) is 34.4. The summed E-state index contributed by atoms with van der Waals surface area (Å²) in [5.74, 6) is 0.461. The summed E-state index contributed by atoms with van der Waals surface area (Å²) in [7, 11) is 0. The van der Waals surface area contributed by atoms with Crippen molar-refractivity contribution in [2.45, 2.75) is 0 Å². The van der Waals surface area contributed by atoms with Gasteiger partial charge in [0.1, 0.15) is 0 Å². The van der Waals surface area contributed by atoms with Gasteiger partial charge in [0.25, 0.3) is 0 Å². The van der Waals surface area contributed by atoms with Gasteiger partial charge in [0, 0.05) is 60.8 Å². The van der Waals surface area contributed by atoms with E-state index >= 15 is 0 Å². The van der Waals surface area contributed by atoms with Gasteiger partial charge in [-0.2, -0.15) is 15.8 Å². The lowest BCUT2D eigenvalue weighted by atomic mass is 9.89. The highest BCUT2D eigenvalue weighted by atomic mass is 15.0. The Morgan fingerprint density at radius 1 is 0.431 bits per heavy atom. The Kier molecular flexibility index (Phi) is 9.97. The summed E-state index contributed by atoms with van der Waals surface area (Å²) in [6, 6.07) is 65.0. The first-order valence-electron chi connectivity index (χ1n) is 20.6. The molecule has 0 unspecified atom stereocenters. The summed E-state index contributed by atoms with van der Waals surface area (Å²) in [6.45, 7) is 15.6. The number of fused-ring (bicyclic) bond motifs is 3. The fourth-order valence-electron chi connectivity index (χ4n) is 8.66. The molecule has 0 bridgehead atoms. The molecule has 10 rings (SSSR count). The summed E-state index contributed by atoms with van der Waals surface area (Å²) >= 11 is 0. The molecule has 0 saturated heterocycles. The molecule has 0 radical (unpaired) electrons. The van der Waals surface area contributed by atoms with Crippen LogP contribution in [0.2, 0.25) is 0 Å². The van der Waals surface area contributed by atoms with E-state index in [0.29, 0.717) is 55.9 Å². The van der Waals surface area contributed by atoms with E-state index in [1.165, 1.54) is 12.1 Å². The number of nitrogens with zero attached hydrogens (tertiary/aromatic N) is 8. The molecule has 298 valence electrons. The number of hydrogen-bond donors (Lipinski definition) is 0. The summed E-state index contributed by atoms with van der Waals surface area (Å²) in [4.78, 5) is 17.7. The van der Waals surface area contributed by atoms with Crippen LogP contribution in [0.4, 0.5) is 11.4 Å². The quantitative estimate of drug-likeness (QED) is 0.149. The number of rotatable bonds is 7. The first-order chi connectivity index (χ1) is 32.0. The van der Waals surface area contributed by atoms with Crippen LogP contribution in [-0.4, -0.2) is 14.5 Å². The van der Waals surface area contributed by atoms with Crippen molar-refractivity contribution in [3.05, 3.63) is 222 Å². The fraction of sp³-hybridized carbons (Fsp3) is 0. The Morgan fingerprint density at radius 3 is 1.54 bits per heavy atom. The standard InChI is InChI=1S/C57H30N8/c1-61-43-27-42(35-60)55(52(31-43)62-2)38-25-26-54-47(28-38)46-23-13-14-24-53(46)65(54)56-48(44-21-11-9-19-39(44)33-58)29-41(30-49(56)45-22-12-10-20-40(45)34-59)57-63-50(36-15-5-3-6-16-36)32-51(64-57)37-17-7-4-8-18-37/h3-32H. The van der Waals surface area contributed by atoms with Crippen molar-refractivity contribution in [3.63, 3.8) is 0 Å². The topological polar surface area (TPSA) is 111 Å². The average Bonchev–Trinajstić information content (AvgIpc) is 3.71. The number of nitriles is 3. The minimum atomic E-state index is 0.216. The lowest BCUT2D eigenvalue weighted by Gasteiger charge is -2.22. The van der Waals surface area contributed by atoms with E-state index in [-0.39, 0.29) is 16.9 Å². The first kappa shape index (κ1) is 39.2. The van der Waals surface area contributed by atoms with Crippen molar-refractivity contribution in [1.29, 1.82) is 15.8 Å². The van der Waals surface area contributed by atoms with Crippen LogP contribution in [0.3, 0.4) is 0 Å². The molecule has 0 atom stereocenters. The van der Waals surface area contributed by atoms with Crippen LogP contribution in [0.15, 0.2) is 182 Å². The third-order valence-electron chi connectivity index (χ3n) is 11.6. The third-order valence-corrected chi connectivity index (χ3v) is 11.6. The lowest BCUT2D eigenvalue weighted by Crippen LogP contribution is -2.04. The molecule has 0 saturated carbocycles. The van der Waals surface area contributed by atoms with Gasteiger partial charge >= 0.3 is 0 Å². The Hall–Kier alpha value is -9.91. The summed E-state index contributed by atoms with van der Waals surface area (Å²) in [5, 5.41) is 33.4. The van der Waals surface area contributed by atoms with Crippen LogP contribution in [0.5, 0.6) is 0 Å². The minimum Gasteiger partial charge on any atom is -0.308 e. The average molecular weight is 827 g/mol. The minimum absolute atomic E-state index is 0.216. The molecule has 2 heterocycles. The van der Waals surface area contributed by atoms with Gasteiger partial charge in [0.2, 0.25) is 0 Å². The maximum absolute atomic E-state index is 10.7. The maximum atomic E-state index is 10.7. The second-order valence-electron chi connectivity index (χ2n) is 15.2. The molecule has 10 aromatic rings. The third kappa shape index (κ3) is 6.88. The van der Waals surface area contributed by atoms with Crippen molar-refractivity contribution in [1.82, 2.24) is 14.5 Å². The molecule has 0 N–H and O–H groups in total. The molecule has 8 nitrogen and oxygen atoms in total. The molecule has 0 aliphatic heterocycles. The Balaban J connectivity index is 1.34. The van der Waals surface area contributed by atoms with Gasteiger partial charge < -0.3 is 4.57 Å². The lowest BCUT2D eigenvalue weighted by molar-refractivity contribution is 1.16. The molecule has 0 fully saturated rings. The normalized spacial score (nSPS) is 10.7. The monoisotopic (exact) mass is 826 g/mol. The molecule has 0 aliphatic carbocycles. The second kappa shape index (κ2) is 16.5. The van der Waals surface area contributed by atoms with Gasteiger partial charge in [-0.25, -0.2) is 19.7 Å². The Labute approximate surface area is 374 Å². The van der Waals surface area contributed by atoms with Crippen LogP contribution in [0.25, 0.3) is 104 Å². The predicted molar refractivity (Wildman–Crippen MR) is 256 cm³/mol. The van der Waals surface area contributed by atoms with E-state index in [9.17, 15) is 15.8 Å². The van der Waals surface area contributed by atoms with Gasteiger partial charge in [0.05, 0.1) is 70.6 Å². The molecular weight excluding hydrogens is 797 g/mol. The highest BCUT2D eigenvalue weighted by Crippen LogP contribution is 2.47. The zero-order chi connectivity index (χ0) is 44.4. The second-order valence-corrected chi connectivity index (χ2v) is 15.2. The van der Waals surface area contributed by atoms with E-state index in [2.05, 4.69) is 32.5 Å². The number of benzene rings is 8. The molecule has 65 heavy (non-hydrogen) atoms.